The highest BCUT2D eigenvalue weighted by molar-refractivity contribution is 6.30. The Morgan fingerprint density at radius 1 is 1.37 bits per heavy atom. The van der Waals surface area contributed by atoms with Gasteiger partial charge in [0.05, 0.1) is 12.1 Å². The zero-order valence-corrected chi connectivity index (χ0v) is 11.4. The van der Waals surface area contributed by atoms with Gasteiger partial charge >= 0.3 is 5.97 Å². The van der Waals surface area contributed by atoms with Crippen molar-refractivity contribution in [3.05, 3.63) is 29.0 Å². The molecule has 0 bridgehead atoms. The molecule has 1 amide bonds. The monoisotopic (exact) mass is 287 g/mol. The first-order valence-electron chi connectivity index (χ1n) is 5.66. The van der Waals surface area contributed by atoms with E-state index >= 15 is 0 Å². The predicted molar refractivity (Wildman–Crippen MR) is 70.7 cm³/mol. The maximum absolute atomic E-state index is 13.4. The van der Waals surface area contributed by atoms with Crippen LogP contribution in [0.5, 0.6) is 0 Å². The van der Waals surface area contributed by atoms with E-state index in [4.69, 9.17) is 16.7 Å². The molecule has 1 aromatic rings. The van der Waals surface area contributed by atoms with E-state index in [2.05, 4.69) is 5.32 Å². The maximum Gasteiger partial charge on any atom is 0.303 e. The topological polar surface area (TPSA) is 66.4 Å². The van der Waals surface area contributed by atoms with E-state index in [-0.39, 0.29) is 18.5 Å². The molecule has 104 valence electrons. The molecular weight excluding hydrogens is 273 g/mol. The molecule has 19 heavy (non-hydrogen) atoms. The zero-order chi connectivity index (χ0) is 14.6. The summed E-state index contributed by atoms with van der Waals surface area (Å²) < 4.78 is 13.4. The Balaban J connectivity index is 2.70. The third-order valence-corrected chi connectivity index (χ3v) is 2.71. The maximum atomic E-state index is 13.4. The Morgan fingerprint density at radius 3 is 2.58 bits per heavy atom. The van der Waals surface area contributed by atoms with Crippen LogP contribution >= 0.6 is 11.6 Å². The van der Waals surface area contributed by atoms with E-state index in [1.807, 2.05) is 0 Å². The summed E-state index contributed by atoms with van der Waals surface area (Å²) in [7, 11) is 0. The van der Waals surface area contributed by atoms with E-state index < -0.39 is 23.1 Å². The third kappa shape index (κ3) is 5.26. The van der Waals surface area contributed by atoms with Gasteiger partial charge in [-0.15, -0.1) is 0 Å². The Bertz CT molecular complexity index is 503. The molecule has 0 aliphatic heterocycles. The van der Waals surface area contributed by atoms with Crippen molar-refractivity contribution >= 4 is 29.2 Å². The Labute approximate surface area is 115 Å². The molecule has 2 N–H and O–H groups in total. The quantitative estimate of drug-likeness (QED) is 0.873. The van der Waals surface area contributed by atoms with Crippen molar-refractivity contribution in [3.8, 4) is 0 Å². The molecule has 0 aliphatic carbocycles. The fraction of sp³-hybridized carbons (Fsp3) is 0.385. The first-order valence-corrected chi connectivity index (χ1v) is 6.04. The van der Waals surface area contributed by atoms with Gasteiger partial charge in [-0.05, 0) is 23.6 Å². The summed E-state index contributed by atoms with van der Waals surface area (Å²) >= 11 is 5.71. The van der Waals surface area contributed by atoms with Gasteiger partial charge in [-0.25, -0.2) is 4.39 Å². The molecule has 0 unspecified atom stereocenters. The minimum atomic E-state index is -0.980. The lowest BCUT2D eigenvalue weighted by molar-refractivity contribution is -0.139. The van der Waals surface area contributed by atoms with E-state index in [1.165, 1.54) is 12.1 Å². The second-order valence-corrected chi connectivity index (χ2v) is 5.52. The molecule has 0 fully saturated rings. The van der Waals surface area contributed by atoms with Gasteiger partial charge in [-0.2, -0.15) is 0 Å². The SMILES string of the molecule is CC(C)(CC(=O)O)CC(=O)Nc1cc(Cl)ccc1F. The third-order valence-electron chi connectivity index (χ3n) is 2.47. The van der Waals surface area contributed by atoms with Crippen LogP contribution in [-0.4, -0.2) is 17.0 Å². The van der Waals surface area contributed by atoms with Crippen LogP contribution in [0.15, 0.2) is 18.2 Å². The molecule has 0 saturated heterocycles. The van der Waals surface area contributed by atoms with Crippen LogP contribution in [0.4, 0.5) is 10.1 Å². The van der Waals surface area contributed by atoms with Gasteiger partial charge in [0, 0.05) is 11.4 Å². The molecule has 0 radical (unpaired) electrons. The number of anilines is 1. The highest BCUT2D eigenvalue weighted by Gasteiger charge is 2.25. The Morgan fingerprint density at radius 2 is 2.00 bits per heavy atom. The lowest BCUT2D eigenvalue weighted by Gasteiger charge is -2.21. The number of carboxylic acids is 1. The second kappa shape index (κ2) is 6.02. The molecule has 4 nitrogen and oxygen atoms in total. The van der Waals surface area contributed by atoms with E-state index in [0.29, 0.717) is 5.02 Å². The summed E-state index contributed by atoms with van der Waals surface area (Å²) in [4.78, 5) is 22.4. The number of amides is 1. The van der Waals surface area contributed by atoms with E-state index in [0.717, 1.165) is 6.07 Å². The molecular formula is C13H15ClFNO3. The van der Waals surface area contributed by atoms with Crippen LogP contribution in [0, 0.1) is 11.2 Å². The number of halogens is 2. The largest absolute Gasteiger partial charge is 0.481 e. The minimum absolute atomic E-state index is 0.0105. The predicted octanol–water partition coefficient (Wildman–Crippen LogP) is 3.31. The van der Waals surface area contributed by atoms with Crippen LogP contribution in [0.1, 0.15) is 26.7 Å². The number of carbonyl (C=O) groups excluding carboxylic acids is 1. The molecule has 1 rings (SSSR count). The van der Waals surface area contributed by atoms with E-state index in [9.17, 15) is 14.0 Å². The lowest BCUT2D eigenvalue weighted by Crippen LogP contribution is -2.25. The number of benzene rings is 1. The van der Waals surface area contributed by atoms with Crippen molar-refractivity contribution in [2.45, 2.75) is 26.7 Å². The molecule has 0 spiro atoms. The van der Waals surface area contributed by atoms with Crippen molar-refractivity contribution in [2.75, 3.05) is 5.32 Å². The molecule has 0 aliphatic rings. The summed E-state index contributed by atoms with van der Waals surface area (Å²) in [6.07, 6.45) is -0.163. The summed E-state index contributed by atoms with van der Waals surface area (Å²) in [5, 5.41) is 11.4. The van der Waals surface area contributed by atoms with Crippen molar-refractivity contribution in [1.82, 2.24) is 0 Å². The molecule has 6 heteroatoms. The van der Waals surface area contributed by atoms with Gasteiger partial charge in [0.15, 0.2) is 0 Å². The molecule has 0 saturated carbocycles. The lowest BCUT2D eigenvalue weighted by atomic mass is 9.85. The van der Waals surface area contributed by atoms with Crippen molar-refractivity contribution in [1.29, 1.82) is 0 Å². The van der Waals surface area contributed by atoms with Gasteiger partial charge in [0.25, 0.3) is 0 Å². The highest BCUT2D eigenvalue weighted by Crippen LogP contribution is 2.26. The van der Waals surface area contributed by atoms with Crippen LogP contribution in [0.2, 0.25) is 5.02 Å². The minimum Gasteiger partial charge on any atom is -0.481 e. The summed E-state index contributed by atoms with van der Waals surface area (Å²) in [6.45, 7) is 3.32. The summed E-state index contributed by atoms with van der Waals surface area (Å²) in [6, 6.07) is 3.83. The molecule has 0 heterocycles. The molecule has 1 aromatic carbocycles. The van der Waals surface area contributed by atoms with Crippen LogP contribution in [0.3, 0.4) is 0 Å². The molecule has 0 atom stereocenters. The normalized spacial score (nSPS) is 11.2. The highest BCUT2D eigenvalue weighted by atomic mass is 35.5. The number of rotatable bonds is 5. The Hall–Kier alpha value is -1.62. The average Bonchev–Trinajstić information content (AvgIpc) is 2.20. The van der Waals surface area contributed by atoms with Crippen LogP contribution in [0.25, 0.3) is 0 Å². The second-order valence-electron chi connectivity index (χ2n) is 5.08. The van der Waals surface area contributed by atoms with Crippen molar-refractivity contribution < 1.29 is 19.1 Å². The number of hydrogen-bond donors (Lipinski definition) is 2. The summed E-state index contributed by atoms with van der Waals surface area (Å²) in [5.41, 5.74) is -0.714. The van der Waals surface area contributed by atoms with Crippen LogP contribution < -0.4 is 5.32 Å². The fourth-order valence-corrected chi connectivity index (χ4v) is 1.87. The first-order chi connectivity index (χ1) is 8.69. The number of aliphatic carboxylic acids is 1. The van der Waals surface area contributed by atoms with Crippen LogP contribution in [-0.2, 0) is 9.59 Å². The van der Waals surface area contributed by atoms with Gasteiger partial charge < -0.3 is 10.4 Å². The van der Waals surface area contributed by atoms with Crippen molar-refractivity contribution in [3.63, 3.8) is 0 Å². The number of hydrogen-bond acceptors (Lipinski definition) is 2. The van der Waals surface area contributed by atoms with Gasteiger partial charge in [0.1, 0.15) is 5.82 Å². The van der Waals surface area contributed by atoms with Gasteiger partial charge in [-0.1, -0.05) is 25.4 Å². The number of carbonyl (C=O) groups is 2. The Kier molecular flexibility index (Phi) is 4.89. The smallest absolute Gasteiger partial charge is 0.303 e. The first kappa shape index (κ1) is 15.4. The summed E-state index contributed by atoms with van der Waals surface area (Å²) in [5.74, 6) is -2.02. The average molecular weight is 288 g/mol. The van der Waals surface area contributed by atoms with Gasteiger partial charge in [-0.3, -0.25) is 9.59 Å². The standard InChI is InChI=1S/C13H15ClFNO3/c1-13(2,7-12(18)19)6-11(17)16-10-5-8(14)3-4-9(10)15/h3-5H,6-7H2,1-2H3,(H,16,17)(H,18,19). The number of nitrogens with one attached hydrogen (secondary N) is 1. The number of carboxylic acid groups (broad SMARTS) is 1. The van der Waals surface area contributed by atoms with Gasteiger partial charge in [0.2, 0.25) is 5.91 Å². The van der Waals surface area contributed by atoms with Crippen molar-refractivity contribution in [2.24, 2.45) is 5.41 Å². The molecule has 0 aromatic heterocycles. The zero-order valence-electron chi connectivity index (χ0n) is 10.7. The van der Waals surface area contributed by atoms with E-state index in [1.54, 1.807) is 13.8 Å². The fourth-order valence-electron chi connectivity index (χ4n) is 1.69.